The molecule has 0 saturated heterocycles. The lowest BCUT2D eigenvalue weighted by Crippen LogP contribution is -2.12. The Kier molecular flexibility index (Phi) is 3.44. The number of carbonyl (C=O) groups is 1. The first kappa shape index (κ1) is 12.1. The van der Waals surface area contributed by atoms with Crippen molar-refractivity contribution in [3.63, 3.8) is 0 Å². The second kappa shape index (κ2) is 4.85. The third-order valence-electron chi connectivity index (χ3n) is 2.08. The van der Waals surface area contributed by atoms with E-state index in [1.54, 1.807) is 24.3 Å². The molecule has 2 heterocycles. The van der Waals surface area contributed by atoms with E-state index in [4.69, 9.17) is 16.7 Å². The van der Waals surface area contributed by atoms with Crippen molar-refractivity contribution >= 4 is 33.6 Å². The van der Waals surface area contributed by atoms with E-state index in [9.17, 15) is 4.79 Å². The number of hydrogen-bond acceptors (Lipinski definition) is 3. The highest BCUT2D eigenvalue weighted by molar-refractivity contribution is 9.08. The zero-order chi connectivity index (χ0) is 12.4. The van der Waals surface area contributed by atoms with E-state index in [1.165, 1.54) is 0 Å². The van der Waals surface area contributed by atoms with Crippen molar-refractivity contribution in [3.05, 3.63) is 35.1 Å². The van der Waals surface area contributed by atoms with Crippen LogP contribution in [-0.4, -0.2) is 26.0 Å². The molecule has 0 spiro atoms. The summed E-state index contributed by atoms with van der Waals surface area (Å²) >= 11 is 8.97. The van der Waals surface area contributed by atoms with Crippen LogP contribution >= 0.6 is 27.5 Å². The van der Waals surface area contributed by atoms with Gasteiger partial charge in [-0.3, -0.25) is 0 Å². The van der Waals surface area contributed by atoms with E-state index >= 15 is 0 Å². The summed E-state index contributed by atoms with van der Waals surface area (Å²) in [6, 6.07) is 6.75. The molecular weight excluding hydrogens is 309 g/mol. The van der Waals surface area contributed by atoms with Gasteiger partial charge in [0.1, 0.15) is 10.8 Å². The molecule has 0 aliphatic carbocycles. The SMILES string of the molecule is O=C(O)n1nc(-c2cccc(Cl)n2)cc1CBr. The number of halogens is 2. The molecule has 0 saturated carbocycles. The van der Waals surface area contributed by atoms with Gasteiger partial charge in [0.05, 0.1) is 11.4 Å². The molecule has 17 heavy (non-hydrogen) atoms. The van der Waals surface area contributed by atoms with Crippen molar-refractivity contribution in [2.45, 2.75) is 5.33 Å². The molecule has 0 aliphatic heterocycles. The standard InChI is InChI=1S/C10H7BrClN3O2/c11-5-6-4-8(14-15(6)10(16)17)7-2-1-3-9(12)13-7/h1-4H,5H2,(H,16,17). The molecular formula is C10H7BrClN3O2. The average Bonchev–Trinajstić information content (AvgIpc) is 2.73. The van der Waals surface area contributed by atoms with Gasteiger partial charge in [-0.15, -0.1) is 0 Å². The maximum atomic E-state index is 10.9. The molecule has 0 bridgehead atoms. The van der Waals surface area contributed by atoms with Crippen LogP contribution < -0.4 is 0 Å². The summed E-state index contributed by atoms with van der Waals surface area (Å²) in [6.45, 7) is 0. The molecule has 0 amide bonds. The van der Waals surface area contributed by atoms with Gasteiger partial charge in [0, 0.05) is 5.33 Å². The largest absolute Gasteiger partial charge is 0.463 e. The molecule has 1 N–H and O–H groups in total. The van der Waals surface area contributed by atoms with Gasteiger partial charge >= 0.3 is 6.09 Å². The quantitative estimate of drug-likeness (QED) is 0.683. The van der Waals surface area contributed by atoms with E-state index in [-0.39, 0.29) is 0 Å². The highest BCUT2D eigenvalue weighted by atomic mass is 79.9. The lowest BCUT2D eigenvalue weighted by atomic mass is 10.2. The Bertz CT molecular complexity index is 570. The maximum absolute atomic E-state index is 10.9. The van der Waals surface area contributed by atoms with Crippen LogP contribution in [0.1, 0.15) is 5.69 Å². The number of rotatable bonds is 2. The van der Waals surface area contributed by atoms with Gasteiger partial charge in [-0.25, -0.2) is 9.78 Å². The van der Waals surface area contributed by atoms with Crippen molar-refractivity contribution in [2.24, 2.45) is 0 Å². The number of alkyl halides is 1. The highest BCUT2D eigenvalue weighted by Crippen LogP contribution is 2.20. The minimum Gasteiger partial charge on any atom is -0.463 e. The molecule has 7 heteroatoms. The van der Waals surface area contributed by atoms with E-state index in [1.807, 2.05) is 0 Å². The second-order valence-electron chi connectivity index (χ2n) is 3.19. The van der Waals surface area contributed by atoms with Gasteiger partial charge in [-0.1, -0.05) is 33.6 Å². The van der Waals surface area contributed by atoms with Crippen LogP contribution in [0.25, 0.3) is 11.4 Å². The Labute approximate surface area is 110 Å². The fraction of sp³-hybridized carbons (Fsp3) is 0.100. The van der Waals surface area contributed by atoms with Gasteiger partial charge in [0.15, 0.2) is 0 Å². The van der Waals surface area contributed by atoms with Crippen LogP contribution in [0.4, 0.5) is 4.79 Å². The zero-order valence-corrected chi connectivity index (χ0v) is 10.8. The van der Waals surface area contributed by atoms with Crippen molar-refractivity contribution in [1.29, 1.82) is 0 Å². The topological polar surface area (TPSA) is 68.0 Å². The molecule has 0 radical (unpaired) electrons. The highest BCUT2D eigenvalue weighted by Gasteiger charge is 2.14. The van der Waals surface area contributed by atoms with Crippen LogP contribution in [0.2, 0.25) is 5.15 Å². The summed E-state index contributed by atoms with van der Waals surface area (Å²) < 4.78 is 0.909. The predicted molar refractivity (Wildman–Crippen MR) is 66.5 cm³/mol. The van der Waals surface area contributed by atoms with E-state index in [0.29, 0.717) is 27.6 Å². The summed E-state index contributed by atoms with van der Waals surface area (Å²) in [5, 5.41) is 13.6. The molecule has 0 aromatic carbocycles. The molecule has 0 aliphatic rings. The van der Waals surface area contributed by atoms with Crippen LogP contribution in [-0.2, 0) is 5.33 Å². The van der Waals surface area contributed by atoms with E-state index in [2.05, 4.69) is 26.0 Å². The average molecular weight is 317 g/mol. The molecule has 0 fully saturated rings. The Morgan fingerprint density at radius 3 is 2.76 bits per heavy atom. The Morgan fingerprint density at radius 2 is 2.24 bits per heavy atom. The summed E-state index contributed by atoms with van der Waals surface area (Å²) in [5.74, 6) is 0. The lowest BCUT2D eigenvalue weighted by molar-refractivity contribution is 0.192. The minimum atomic E-state index is -1.13. The first-order chi connectivity index (χ1) is 8.11. The molecule has 2 rings (SSSR count). The third-order valence-corrected chi connectivity index (χ3v) is 2.86. The van der Waals surface area contributed by atoms with Gasteiger partial charge in [-0.2, -0.15) is 9.78 Å². The fourth-order valence-electron chi connectivity index (χ4n) is 1.36. The second-order valence-corrected chi connectivity index (χ2v) is 4.14. The first-order valence-corrected chi connectivity index (χ1v) is 6.13. The van der Waals surface area contributed by atoms with Gasteiger partial charge in [-0.05, 0) is 18.2 Å². The van der Waals surface area contributed by atoms with Gasteiger partial charge < -0.3 is 5.11 Å². The smallest absolute Gasteiger partial charge is 0.432 e. The van der Waals surface area contributed by atoms with Crippen molar-refractivity contribution < 1.29 is 9.90 Å². The van der Waals surface area contributed by atoms with Crippen LogP contribution in [0, 0.1) is 0 Å². The summed E-state index contributed by atoms with van der Waals surface area (Å²) in [6.07, 6.45) is -1.13. The molecule has 88 valence electrons. The molecule has 0 unspecified atom stereocenters. The summed E-state index contributed by atoms with van der Waals surface area (Å²) in [4.78, 5) is 15.0. The summed E-state index contributed by atoms with van der Waals surface area (Å²) in [5.41, 5.74) is 1.55. The van der Waals surface area contributed by atoms with E-state index < -0.39 is 6.09 Å². The van der Waals surface area contributed by atoms with Crippen LogP contribution in [0.5, 0.6) is 0 Å². The zero-order valence-electron chi connectivity index (χ0n) is 8.47. The molecule has 2 aromatic heterocycles. The monoisotopic (exact) mass is 315 g/mol. The number of aromatic nitrogens is 3. The molecule has 0 atom stereocenters. The molecule has 2 aromatic rings. The van der Waals surface area contributed by atoms with Crippen LogP contribution in [0.15, 0.2) is 24.3 Å². The van der Waals surface area contributed by atoms with Crippen molar-refractivity contribution in [1.82, 2.24) is 14.8 Å². The number of carboxylic acid groups (broad SMARTS) is 1. The lowest BCUT2D eigenvalue weighted by Gasteiger charge is -1.96. The number of hydrogen-bond donors (Lipinski definition) is 1. The Balaban J connectivity index is 2.50. The first-order valence-electron chi connectivity index (χ1n) is 4.63. The fourth-order valence-corrected chi connectivity index (χ4v) is 1.92. The number of nitrogens with zero attached hydrogens (tertiary/aromatic N) is 3. The summed E-state index contributed by atoms with van der Waals surface area (Å²) in [7, 11) is 0. The Hall–Kier alpha value is -1.40. The van der Waals surface area contributed by atoms with Crippen molar-refractivity contribution in [3.8, 4) is 11.4 Å². The predicted octanol–water partition coefficient (Wildman–Crippen LogP) is 3.02. The Morgan fingerprint density at radius 1 is 1.47 bits per heavy atom. The maximum Gasteiger partial charge on any atom is 0.432 e. The molecule has 5 nitrogen and oxygen atoms in total. The van der Waals surface area contributed by atoms with Crippen LogP contribution in [0.3, 0.4) is 0 Å². The van der Waals surface area contributed by atoms with Gasteiger partial charge in [0.25, 0.3) is 0 Å². The van der Waals surface area contributed by atoms with Gasteiger partial charge in [0.2, 0.25) is 0 Å². The van der Waals surface area contributed by atoms with Crippen molar-refractivity contribution in [2.75, 3.05) is 0 Å². The normalized spacial score (nSPS) is 10.5. The minimum absolute atomic E-state index is 0.341. The van der Waals surface area contributed by atoms with E-state index in [0.717, 1.165) is 4.68 Å². The number of pyridine rings is 1. The third kappa shape index (κ3) is 2.48.